The lowest BCUT2D eigenvalue weighted by Crippen LogP contribution is -2.57. The lowest BCUT2D eigenvalue weighted by molar-refractivity contribution is -0.151. The highest BCUT2D eigenvalue weighted by molar-refractivity contribution is 5.80. The van der Waals surface area contributed by atoms with E-state index in [1.165, 1.54) is 32.8 Å². The highest BCUT2D eigenvalue weighted by atomic mass is 16.5. The van der Waals surface area contributed by atoms with Crippen molar-refractivity contribution in [3.05, 3.63) is 0 Å². The second-order valence-electron chi connectivity index (χ2n) is 5.29. The third-order valence-electron chi connectivity index (χ3n) is 3.61. The van der Waals surface area contributed by atoms with Gasteiger partial charge in [0.2, 0.25) is 0 Å². The molecule has 106 valence electrons. The zero-order valence-electron chi connectivity index (χ0n) is 12.0. The molecule has 1 fully saturated rings. The first-order valence-electron chi connectivity index (χ1n) is 7.06. The Morgan fingerprint density at radius 3 is 2.39 bits per heavy atom. The molecule has 0 bridgehead atoms. The summed E-state index contributed by atoms with van der Waals surface area (Å²) in [6.07, 6.45) is 7.36. The SMILES string of the molecule is CCOCC(C)(NC1CCCCCC1)C(=O)OC. The van der Waals surface area contributed by atoms with Gasteiger partial charge in [0.25, 0.3) is 0 Å². The lowest BCUT2D eigenvalue weighted by atomic mass is 9.99. The number of hydrogen-bond acceptors (Lipinski definition) is 4. The number of rotatable bonds is 6. The van der Waals surface area contributed by atoms with Gasteiger partial charge in [0.15, 0.2) is 0 Å². The number of nitrogens with one attached hydrogen (secondary N) is 1. The molecular weight excluding hydrogens is 230 g/mol. The van der Waals surface area contributed by atoms with Crippen LogP contribution >= 0.6 is 0 Å². The Morgan fingerprint density at radius 2 is 1.89 bits per heavy atom. The van der Waals surface area contributed by atoms with Crippen LogP contribution in [0.1, 0.15) is 52.4 Å². The smallest absolute Gasteiger partial charge is 0.328 e. The zero-order valence-corrected chi connectivity index (χ0v) is 12.0. The molecule has 1 rings (SSSR count). The van der Waals surface area contributed by atoms with E-state index in [4.69, 9.17) is 9.47 Å². The molecule has 1 saturated carbocycles. The summed E-state index contributed by atoms with van der Waals surface area (Å²) in [4.78, 5) is 11.9. The molecule has 0 radical (unpaired) electrons. The molecule has 1 N–H and O–H groups in total. The van der Waals surface area contributed by atoms with E-state index in [1.807, 2.05) is 13.8 Å². The van der Waals surface area contributed by atoms with Crippen LogP contribution in [-0.4, -0.2) is 37.9 Å². The Kier molecular flexibility index (Phi) is 6.65. The minimum absolute atomic E-state index is 0.236. The maximum atomic E-state index is 11.9. The third kappa shape index (κ3) is 4.58. The van der Waals surface area contributed by atoms with E-state index in [2.05, 4.69) is 5.32 Å². The molecule has 0 saturated heterocycles. The van der Waals surface area contributed by atoms with Crippen molar-refractivity contribution in [3.63, 3.8) is 0 Å². The van der Waals surface area contributed by atoms with Crippen LogP contribution in [0.3, 0.4) is 0 Å². The van der Waals surface area contributed by atoms with Crippen molar-refractivity contribution >= 4 is 5.97 Å². The van der Waals surface area contributed by atoms with Gasteiger partial charge in [-0.15, -0.1) is 0 Å². The standard InChI is InChI=1S/C14H27NO3/c1-4-18-11-14(2,13(16)17-3)15-12-9-7-5-6-8-10-12/h12,15H,4-11H2,1-3H3. The minimum Gasteiger partial charge on any atom is -0.468 e. The largest absolute Gasteiger partial charge is 0.468 e. The molecule has 0 amide bonds. The van der Waals surface area contributed by atoms with Gasteiger partial charge in [0, 0.05) is 12.6 Å². The van der Waals surface area contributed by atoms with Gasteiger partial charge in [-0.2, -0.15) is 0 Å². The number of ether oxygens (including phenoxy) is 2. The van der Waals surface area contributed by atoms with Crippen molar-refractivity contribution in [2.24, 2.45) is 0 Å². The lowest BCUT2D eigenvalue weighted by Gasteiger charge is -2.32. The third-order valence-corrected chi connectivity index (χ3v) is 3.61. The Bertz CT molecular complexity index is 249. The fourth-order valence-electron chi connectivity index (χ4n) is 2.57. The van der Waals surface area contributed by atoms with Crippen LogP contribution in [0.25, 0.3) is 0 Å². The zero-order chi connectivity index (χ0) is 13.4. The molecule has 0 spiro atoms. The van der Waals surface area contributed by atoms with Crippen molar-refractivity contribution < 1.29 is 14.3 Å². The molecule has 1 aliphatic carbocycles. The second-order valence-corrected chi connectivity index (χ2v) is 5.29. The first kappa shape index (κ1) is 15.4. The van der Waals surface area contributed by atoms with Gasteiger partial charge < -0.3 is 9.47 Å². The topological polar surface area (TPSA) is 47.6 Å². The van der Waals surface area contributed by atoms with E-state index >= 15 is 0 Å². The summed E-state index contributed by atoms with van der Waals surface area (Å²) >= 11 is 0. The highest BCUT2D eigenvalue weighted by Gasteiger charge is 2.36. The van der Waals surface area contributed by atoms with E-state index in [9.17, 15) is 4.79 Å². The predicted octanol–water partition coefficient (Wildman–Crippen LogP) is 2.27. The highest BCUT2D eigenvalue weighted by Crippen LogP contribution is 2.20. The first-order chi connectivity index (χ1) is 8.62. The van der Waals surface area contributed by atoms with E-state index < -0.39 is 5.54 Å². The summed E-state index contributed by atoms with van der Waals surface area (Å²) in [6.45, 7) is 4.79. The van der Waals surface area contributed by atoms with Crippen LogP contribution in [-0.2, 0) is 14.3 Å². The molecule has 18 heavy (non-hydrogen) atoms. The average molecular weight is 257 g/mol. The van der Waals surface area contributed by atoms with Crippen LogP contribution in [0.4, 0.5) is 0 Å². The fraction of sp³-hybridized carbons (Fsp3) is 0.929. The molecular formula is C14H27NO3. The van der Waals surface area contributed by atoms with Crippen LogP contribution in [0.15, 0.2) is 0 Å². The van der Waals surface area contributed by atoms with Crippen molar-refractivity contribution in [1.82, 2.24) is 5.32 Å². The van der Waals surface area contributed by atoms with Gasteiger partial charge in [0.05, 0.1) is 13.7 Å². The number of carbonyl (C=O) groups excluding carboxylic acids is 1. The van der Waals surface area contributed by atoms with Crippen LogP contribution in [0, 0.1) is 0 Å². The van der Waals surface area contributed by atoms with Gasteiger partial charge in [-0.1, -0.05) is 25.7 Å². The Balaban J connectivity index is 2.60. The molecule has 0 aromatic heterocycles. The molecule has 0 heterocycles. The summed E-state index contributed by atoms with van der Waals surface area (Å²) < 4.78 is 10.3. The summed E-state index contributed by atoms with van der Waals surface area (Å²) in [5.74, 6) is -0.236. The normalized spacial score (nSPS) is 21.1. The van der Waals surface area contributed by atoms with Crippen LogP contribution < -0.4 is 5.32 Å². The Labute approximate surface area is 110 Å². The van der Waals surface area contributed by atoms with Crippen LogP contribution in [0.2, 0.25) is 0 Å². The van der Waals surface area contributed by atoms with Gasteiger partial charge >= 0.3 is 5.97 Å². The molecule has 0 aromatic carbocycles. The molecule has 4 heteroatoms. The fourth-order valence-corrected chi connectivity index (χ4v) is 2.57. The summed E-state index contributed by atoms with van der Waals surface area (Å²) in [5.41, 5.74) is -0.722. The monoisotopic (exact) mass is 257 g/mol. The van der Waals surface area contributed by atoms with Gasteiger partial charge in [0.1, 0.15) is 5.54 Å². The molecule has 1 unspecified atom stereocenters. The van der Waals surface area contributed by atoms with E-state index in [1.54, 1.807) is 0 Å². The second kappa shape index (κ2) is 7.74. The van der Waals surface area contributed by atoms with E-state index in [0.717, 1.165) is 12.8 Å². The van der Waals surface area contributed by atoms with Gasteiger partial charge in [-0.3, -0.25) is 5.32 Å². The van der Waals surface area contributed by atoms with Crippen molar-refractivity contribution in [1.29, 1.82) is 0 Å². The first-order valence-corrected chi connectivity index (χ1v) is 7.06. The number of carbonyl (C=O) groups is 1. The maximum absolute atomic E-state index is 11.9. The minimum atomic E-state index is -0.722. The number of hydrogen-bond donors (Lipinski definition) is 1. The average Bonchev–Trinajstić information content (AvgIpc) is 2.63. The molecule has 0 aliphatic heterocycles. The molecule has 0 aromatic rings. The number of methoxy groups -OCH3 is 1. The Morgan fingerprint density at radius 1 is 1.28 bits per heavy atom. The van der Waals surface area contributed by atoms with Gasteiger partial charge in [-0.05, 0) is 26.7 Å². The maximum Gasteiger partial charge on any atom is 0.328 e. The predicted molar refractivity (Wildman–Crippen MR) is 71.5 cm³/mol. The van der Waals surface area contributed by atoms with E-state index in [-0.39, 0.29) is 5.97 Å². The van der Waals surface area contributed by atoms with Gasteiger partial charge in [-0.25, -0.2) is 4.79 Å². The Hall–Kier alpha value is -0.610. The van der Waals surface area contributed by atoms with Crippen LogP contribution in [0.5, 0.6) is 0 Å². The molecule has 1 atom stereocenters. The van der Waals surface area contributed by atoms with Crippen molar-refractivity contribution in [3.8, 4) is 0 Å². The number of esters is 1. The quantitative estimate of drug-likeness (QED) is 0.586. The molecule has 1 aliphatic rings. The molecule has 4 nitrogen and oxygen atoms in total. The summed E-state index contributed by atoms with van der Waals surface area (Å²) in [7, 11) is 1.43. The van der Waals surface area contributed by atoms with Crippen molar-refractivity contribution in [2.75, 3.05) is 20.3 Å². The summed E-state index contributed by atoms with van der Waals surface area (Å²) in [5, 5.41) is 3.46. The van der Waals surface area contributed by atoms with Crippen molar-refractivity contribution in [2.45, 2.75) is 64.0 Å². The summed E-state index contributed by atoms with van der Waals surface area (Å²) in [6, 6.07) is 0.400. The van der Waals surface area contributed by atoms with E-state index in [0.29, 0.717) is 19.3 Å².